The van der Waals surface area contributed by atoms with Crippen LogP contribution >= 0.6 is 0 Å². The van der Waals surface area contributed by atoms with Gasteiger partial charge >= 0.3 is 0 Å². The van der Waals surface area contributed by atoms with Crippen LogP contribution in [-0.2, 0) is 14.8 Å². The van der Waals surface area contributed by atoms with Crippen molar-refractivity contribution in [2.24, 2.45) is 4.99 Å². The molecule has 0 amide bonds. The number of nitrogens with one attached hydrogen (secondary N) is 1. The van der Waals surface area contributed by atoms with Gasteiger partial charge in [-0.1, -0.05) is 6.07 Å². The van der Waals surface area contributed by atoms with E-state index in [1.807, 2.05) is 0 Å². The Morgan fingerprint density at radius 2 is 1.93 bits per heavy atom. The van der Waals surface area contributed by atoms with Crippen molar-refractivity contribution in [3.8, 4) is 5.75 Å². The van der Waals surface area contributed by atoms with Crippen LogP contribution in [0.2, 0.25) is 0 Å². The van der Waals surface area contributed by atoms with Crippen LogP contribution in [0.25, 0.3) is 0 Å². The van der Waals surface area contributed by atoms with E-state index in [1.54, 1.807) is 38.1 Å². The van der Waals surface area contributed by atoms with Crippen LogP contribution in [0.5, 0.6) is 5.75 Å². The van der Waals surface area contributed by atoms with Gasteiger partial charge in [-0.2, -0.15) is 0 Å². The van der Waals surface area contributed by atoms with Crippen molar-refractivity contribution in [3.05, 3.63) is 47.8 Å². The highest BCUT2D eigenvalue weighted by Crippen LogP contribution is 2.36. The average Bonchev–Trinajstić information content (AvgIpc) is 2.64. The summed E-state index contributed by atoms with van der Waals surface area (Å²) in [6.45, 7) is 3.22. The van der Waals surface area contributed by atoms with Crippen LogP contribution < -0.4 is 10.1 Å². The van der Waals surface area contributed by atoms with Gasteiger partial charge in [0.2, 0.25) is 5.96 Å². The molecular formula is C18H20FN3O4S. The van der Waals surface area contributed by atoms with Crippen LogP contribution in [0.15, 0.2) is 46.3 Å². The van der Waals surface area contributed by atoms with Gasteiger partial charge in [-0.25, -0.2) is 22.1 Å². The van der Waals surface area contributed by atoms with Gasteiger partial charge in [-0.15, -0.1) is 0 Å². The molecule has 1 aliphatic rings. The van der Waals surface area contributed by atoms with E-state index < -0.39 is 22.1 Å². The monoisotopic (exact) mass is 393 g/mol. The third kappa shape index (κ3) is 3.47. The lowest BCUT2D eigenvalue weighted by molar-refractivity contribution is 0.0605. The van der Waals surface area contributed by atoms with Crippen LogP contribution in [0, 0.1) is 12.7 Å². The summed E-state index contributed by atoms with van der Waals surface area (Å²) in [4.78, 5) is 4.41. The molecule has 0 fully saturated rings. The number of hydrogen-bond acceptors (Lipinski definition) is 6. The SMILES string of the molecule is COc1ccc2c(c1)S(=O)(=O)N(C(C)OC)C(Nc1ccc(C)c(F)c1)=N2. The number of sulfonamides is 1. The molecule has 1 atom stereocenters. The molecule has 7 nitrogen and oxygen atoms in total. The fraction of sp³-hybridized carbons (Fsp3) is 0.278. The van der Waals surface area contributed by atoms with Crippen molar-refractivity contribution < 1.29 is 22.3 Å². The summed E-state index contributed by atoms with van der Waals surface area (Å²) in [5, 5.41) is 2.88. The predicted octanol–water partition coefficient (Wildman–Crippen LogP) is 3.24. The molecular weight excluding hydrogens is 373 g/mol. The Hall–Kier alpha value is -2.65. The van der Waals surface area contributed by atoms with E-state index in [1.165, 1.54) is 26.4 Å². The van der Waals surface area contributed by atoms with Gasteiger partial charge in [0.15, 0.2) is 0 Å². The third-order valence-corrected chi connectivity index (χ3v) is 6.11. The summed E-state index contributed by atoms with van der Waals surface area (Å²) in [5.41, 5.74) is 1.11. The summed E-state index contributed by atoms with van der Waals surface area (Å²) in [7, 11) is -1.13. The molecule has 1 N–H and O–H groups in total. The zero-order valence-electron chi connectivity index (χ0n) is 15.4. The van der Waals surface area contributed by atoms with Gasteiger partial charge in [0, 0.05) is 18.9 Å². The summed E-state index contributed by atoms with van der Waals surface area (Å²) in [6, 6.07) is 9.11. The molecule has 2 aromatic carbocycles. The molecule has 0 saturated carbocycles. The fourth-order valence-corrected chi connectivity index (χ4v) is 4.30. The summed E-state index contributed by atoms with van der Waals surface area (Å²) in [6.07, 6.45) is -0.837. The number of nitrogens with zero attached hydrogens (tertiary/aromatic N) is 2. The number of anilines is 1. The highest BCUT2D eigenvalue weighted by atomic mass is 32.2. The smallest absolute Gasteiger partial charge is 0.271 e. The number of guanidine groups is 1. The van der Waals surface area contributed by atoms with Gasteiger partial charge in [-0.3, -0.25) is 0 Å². The maximum atomic E-state index is 13.9. The maximum Gasteiger partial charge on any atom is 0.271 e. The van der Waals surface area contributed by atoms with E-state index in [2.05, 4.69) is 10.3 Å². The topological polar surface area (TPSA) is 80.2 Å². The van der Waals surface area contributed by atoms with E-state index in [4.69, 9.17) is 9.47 Å². The number of rotatable bonds is 4. The van der Waals surface area contributed by atoms with Crippen LogP contribution in [0.3, 0.4) is 0 Å². The van der Waals surface area contributed by atoms with E-state index in [0.717, 1.165) is 4.31 Å². The van der Waals surface area contributed by atoms with Crippen molar-refractivity contribution in [1.82, 2.24) is 4.31 Å². The third-order valence-electron chi connectivity index (χ3n) is 4.24. The van der Waals surface area contributed by atoms with E-state index in [-0.39, 0.29) is 16.5 Å². The normalized spacial score (nSPS) is 16.3. The van der Waals surface area contributed by atoms with Crippen LogP contribution in [0.1, 0.15) is 12.5 Å². The molecule has 0 spiro atoms. The Labute approximate surface area is 157 Å². The Morgan fingerprint density at radius 3 is 2.56 bits per heavy atom. The molecule has 0 saturated heterocycles. The van der Waals surface area contributed by atoms with Gasteiger partial charge in [0.1, 0.15) is 22.7 Å². The summed E-state index contributed by atoms with van der Waals surface area (Å²) < 4.78 is 51.6. The van der Waals surface area contributed by atoms with Crippen molar-refractivity contribution in [2.75, 3.05) is 19.5 Å². The van der Waals surface area contributed by atoms with Crippen LogP contribution in [0.4, 0.5) is 15.8 Å². The van der Waals surface area contributed by atoms with Gasteiger partial charge < -0.3 is 14.8 Å². The number of halogens is 1. The molecule has 0 aromatic heterocycles. The van der Waals surface area contributed by atoms with Crippen molar-refractivity contribution in [3.63, 3.8) is 0 Å². The molecule has 0 bridgehead atoms. The maximum absolute atomic E-state index is 13.9. The van der Waals surface area contributed by atoms with E-state index in [0.29, 0.717) is 17.0 Å². The highest BCUT2D eigenvalue weighted by Gasteiger charge is 2.38. The first-order valence-corrected chi connectivity index (χ1v) is 9.59. The lowest BCUT2D eigenvalue weighted by Gasteiger charge is -2.33. The predicted molar refractivity (Wildman–Crippen MR) is 100 cm³/mol. The highest BCUT2D eigenvalue weighted by molar-refractivity contribution is 7.90. The first kappa shape index (κ1) is 19.1. The summed E-state index contributed by atoms with van der Waals surface area (Å²) >= 11 is 0. The molecule has 9 heteroatoms. The second-order valence-electron chi connectivity index (χ2n) is 5.99. The minimum absolute atomic E-state index is 0.00591. The zero-order valence-corrected chi connectivity index (χ0v) is 16.2. The lowest BCUT2D eigenvalue weighted by Crippen LogP contribution is -2.48. The Bertz CT molecular complexity index is 1010. The number of benzene rings is 2. The quantitative estimate of drug-likeness (QED) is 0.863. The van der Waals surface area contributed by atoms with Gasteiger partial charge in [0.05, 0.1) is 12.8 Å². The molecule has 1 aliphatic heterocycles. The van der Waals surface area contributed by atoms with Crippen LogP contribution in [-0.4, -0.2) is 39.1 Å². The number of fused-ring (bicyclic) bond motifs is 1. The number of aryl methyl sites for hydroxylation is 1. The largest absolute Gasteiger partial charge is 0.497 e. The number of aliphatic imine (C=N–C) groups is 1. The fourth-order valence-electron chi connectivity index (χ4n) is 2.65. The molecule has 3 rings (SSSR count). The molecule has 0 aliphatic carbocycles. The molecule has 1 unspecified atom stereocenters. The molecule has 1 heterocycles. The van der Waals surface area contributed by atoms with E-state index in [9.17, 15) is 12.8 Å². The Balaban J connectivity index is 2.13. The molecule has 0 radical (unpaired) electrons. The molecule has 144 valence electrons. The molecule has 2 aromatic rings. The van der Waals surface area contributed by atoms with Crippen molar-refractivity contribution >= 4 is 27.4 Å². The molecule has 27 heavy (non-hydrogen) atoms. The lowest BCUT2D eigenvalue weighted by atomic mass is 10.2. The number of hydrogen-bond donors (Lipinski definition) is 1. The Kier molecular flexibility index (Phi) is 5.07. The Morgan fingerprint density at radius 1 is 1.19 bits per heavy atom. The minimum Gasteiger partial charge on any atom is -0.497 e. The summed E-state index contributed by atoms with van der Waals surface area (Å²) in [5.74, 6) is 0.00979. The number of methoxy groups -OCH3 is 2. The van der Waals surface area contributed by atoms with Gasteiger partial charge in [-0.05, 0) is 43.7 Å². The second kappa shape index (κ2) is 7.16. The van der Waals surface area contributed by atoms with Crippen molar-refractivity contribution in [2.45, 2.75) is 25.0 Å². The number of ether oxygens (including phenoxy) is 2. The van der Waals surface area contributed by atoms with Crippen molar-refractivity contribution in [1.29, 1.82) is 0 Å². The average molecular weight is 393 g/mol. The minimum atomic E-state index is -3.97. The standard InChI is InChI=1S/C18H20FN3O4S/c1-11-5-6-13(9-15(11)19)20-18-21-16-8-7-14(26-4)10-17(16)27(23,24)22(18)12(2)25-3/h5-10,12H,1-4H3,(H,20,21). The van der Waals surface area contributed by atoms with E-state index >= 15 is 0 Å². The first-order chi connectivity index (χ1) is 12.8. The first-order valence-electron chi connectivity index (χ1n) is 8.15. The van der Waals surface area contributed by atoms with Gasteiger partial charge in [0.25, 0.3) is 10.0 Å². The second-order valence-corrected chi connectivity index (χ2v) is 7.78. The zero-order chi connectivity index (χ0) is 19.8.